The Hall–Kier alpha value is -1.51. The average molecular weight is 330 g/mol. The van der Waals surface area contributed by atoms with Crippen molar-refractivity contribution in [3.05, 3.63) is 35.6 Å². The summed E-state index contributed by atoms with van der Waals surface area (Å²) in [6, 6.07) is 5.59. The van der Waals surface area contributed by atoms with Gasteiger partial charge in [-0.3, -0.25) is 4.79 Å². The molecule has 2 atom stereocenters. The van der Waals surface area contributed by atoms with Crippen molar-refractivity contribution in [3.8, 4) is 0 Å². The van der Waals surface area contributed by atoms with E-state index in [0.717, 1.165) is 4.31 Å². The number of likely N-dealkylation sites (tertiary alicyclic amines) is 1. The summed E-state index contributed by atoms with van der Waals surface area (Å²) in [5.74, 6) is -2.00. The van der Waals surface area contributed by atoms with Gasteiger partial charge in [-0.25, -0.2) is 17.1 Å². The predicted molar refractivity (Wildman–Crippen MR) is 79.3 cm³/mol. The Kier molecular flexibility index (Phi) is 4.84. The van der Waals surface area contributed by atoms with Gasteiger partial charge in [-0.2, -0.15) is 0 Å². The van der Waals surface area contributed by atoms with Crippen molar-refractivity contribution in [2.24, 2.45) is 5.92 Å². The molecule has 1 saturated heterocycles. The topological polar surface area (TPSA) is 77.9 Å². The number of β-amino-alcohol motifs (C(OH)–C–C–N with tert-alkyl or cyclic N) is 1. The number of halogens is 1. The van der Waals surface area contributed by atoms with Crippen LogP contribution < -0.4 is 0 Å². The van der Waals surface area contributed by atoms with Gasteiger partial charge in [-0.15, -0.1) is 0 Å². The Morgan fingerprint density at radius 3 is 2.59 bits per heavy atom. The highest BCUT2D eigenvalue weighted by molar-refractivity contribution is 7.89. The lowest BCUT2D eigenvalue weighted by Crippen LogP contribution is -2.33. The Morgan fingerprint density at radius 2 is 2.00 bits per heavy atom. The highest BCUT2D eigenvalue weighted by Crippen LogP contribution is 2.22. The summed E-state index contributed by atoms with van der Waals surface area (Å²) >= 11 is 0. The van der Waals surface area contributed by atoms with E-state index in [1.54, 1.807) is 6.07 Å². The van der Waals surface area contributed by atoms with Crippen molar-refractivity contribution in [2.75, 3.05) is 32.9 Å². The lowest BCUT2D eigenvalue weighted by atomic mass is 10.1. The number of aliphatic hydroxyl groups excluding tert-OH is 1. The third-order valence-electron chi connectivity index (χ3n) is 3.78. The standard InChI is InChI=1S/C14H19FN2O4S/c1-16(2)22(20,21)9-10-7-17(8-13(10)18)14(19)11-5-3-4-6-12(11)15/h3-6,10,13,18H,7-9H2,1-2H3/t10-,13+/m0/s1. The zero-order valence-corrected chi connectivity index (χ0v) is 13.3. The van der Waals surface area contributed by atoms with Crippen LogP contribution in [0.25, 0.3) is 0 Å². The van der Waals surface area contributed by atoms with Gasteiger partial charge in [0.1, 0.15) is 5.82 Å². The monoisotopic (exact) mass is 330 g/mol. The van der Waals surface area contributed by atoms with E-state index in [-0.39, 0.29) is 24.4 Å². The second-order valence-electron chi connectivity index (χ2n) is 5.58. The SMILES string of the molecule is CN(C)S(=O)(=O)C[C@@H]1CN(C(=O)c2ccccc2F)C[C@H]1O. The van der Waals surface area contributed by atoms with Gasteiger partial charge in [0.25, 0.3) is 5.91 Å². The molecule has 6 nitrogen and oxygen atoms in total. The average Bonchev–Trinajstić information content (AvgIpc) is 2.79. The van der Waals surface area contributed by atoms with Crippen LogP contribution in [-0.4, -0.2) is 67.7 Å². The first-order chi connectivity index (χ1) is 10.2. The molecule has 0 unspecified atom stereocenters. The minimum Gasteiger partial charge on any atom is -0.391 e. The van der Waals surface area contributed by atoms with E-state index < -0.39 is 33.8 Å². The number of benzene rings is 1. The molecular formula is C14H19FN2O4S. The van der Waals surface area contributed by atoms with Gasteiger partial charge in [0, 0.05) is 33.1 Å². The summed E-state index contributed by atoms with van der Waals surface area (Å²) < 4.78 is 38.5. The summed E-state index contributed by atoms with van der Waals surface area (Å²) in [4.78, 5) is 13.6. The molecule has 122 valence electrons. The quantitative estimate of drug-likeness (QED) is 0.852. The molecule has 0 spiro atoms. The van der Waals surface area contributed by atoms with Crippen molar-refractivity contribution < 1.29 is 22.7 Å². The minimum atomic E-state index is -3.48. The zero-order valence-electron chi connectivity index (χ0n) is 12.4. The summed E-state index contributed by atoms with van der Waals surface area (Å²) in [6.45, 7) is 0.0855. The molecule has 1 aromatic carbocycles. The zero-order chi connectivity index (χ0) is 16.5. The van der Waals surface area contributed by atoms with Crippen molar-refractivity contribution in [1.29, 1.82) is 0 Å². The molecule has 0 saturated carbocycles. The lowest BCUT2D eigenvalue weighted by Gasteiger charge is -2.18. The van der Waals surface area contributed by atoms with E-state index in [9.17, 15) is 22.7 Å². The number of nitrogens with zero attached hydrogens (tertiary/aromatic N) is 2. The first-order valence-corrected chi connectivity index (χ1v) is 8.45. The molecule has 0 aliphatic carbocycles. The second-order valence-corrected chi connectivity index (χ2v) is 7.81. The third-order valence-corrected chi connectivity index (χ3v) is 5.74. The van der Waals surface area contributed by atoms with Crippen LogP contribution in [0.2, 0.25) is 0 Å². The highest BCUT2D eigenvalue weighted by Gasteiger charge is 2.38. The lowest BCUT2D eigenvalue weighted by molar-refractivity contribution is 0.0760. The van der Waals surface area contributed by atoms with Crippen LogP contribution in [0.5, 0.6) is 0 Å². The molecule has 1 N–H and O–H groups in total. The molecule has 1 aliphatic rings. The number of hydrogen-bond donors (Lipinski definition) is 1. The molecule has 1 aliphatic heterocycles. The molecule has 1 fully saturated rings. The van der Waals surface area contributed by atoms with Crippen molar-refractivity contribution in [3.63, 3.8) is 0 Å². The Morgan fingerprint density at radius 1 is 1.36 bits per heavy atom. The largest absolute Gasteiger partial charge is 0.391 e. The minimum absolute atomic E-state index is 0.000777. The number of sulfonamides is 1. The maximum Gasteiger partial charge on any atom is 0.256 e. The fourth-order valence-corrected chi connectivity index (χ4v) is 3.58. The summed E-state index contributed by atoms with van der Waals surface area (Å²) in [5.41, 5.74) is -0.0779. The fourth-order valence-electron chi connectivity index (χ4n) is 2.41. The summed E-state index contributed by atoms with van der Waals surface area (Å²) in [7, 11) is -0.644. The van der Waals surface area contributed by atoms with Crippen LogP contribution in [0.3, 0.4) is 0 Å². The van der Waals surface area contributed by atoms with Crippen LogP contribution >= 0.6 is 0 Å². The van der Waals surface area contributed by atoms with Crippen molar-refractivity contribution in [2.45, 2.75) is 6.10 Å². The van der Waals surface area contributed by atoms with Gasteiger partial charge >= 0.3 is 0 Å². The van der Waals surface area contributed by atoms with Crippen LogP contribution in [0.4, 0.5) is 4.39 Å². The van der Waals surface area contributed by atoms with E-state index in [2.05, 4.69) is 0 Å². The molecule has 1 heterocycles. The van der Waals surface area contributed by atoms with Crippen LogP contribution in [0.1, 0.15) is 10.4 Å². The van der Waals surface area contributed by atoms with E-state index in [1.165, 1.54) is 37.2 Å². The molecule has 2 rings (SSSR count). The Labute approximate surface area is 129 Å². The number of rotatable bonds is 4. The number of aliphatic hydroxyl groups is 1. The second kappa shape index (κ2) is 6.31. The van der Waals surface area contributed by atoms with Gasteiger partial charge in [0.15, 0.2) is 0 Å². The maximum atomic E-state index is 13.7. The first kappa shape index (κ1) is 16.9. The van der Waals surface area contributed by atoms with Gasteiger partial charge in [-0.1, -0.05) is 12.1 Å². The van der Waals surface area contributed by atoms with Gasteiger partial charge in [0.05, 0.1) is 17.4 Å². The maximum absolute atomic E-state index is 13.7. The van der Waals surface area contributed by atoms with Crippen LogP contribution in [0.15, 0.2) is 24.3 Å². The van der Waals surface area contributed by atoms with Gasteiger partial charge in [-0.05, 0) is 12.1 Å². The van der Waals surface area contributed by atoms with E-state index in [1.807, 2.05) is 0 Å². The van der Waals surface area contributed by atoms with E-state index in [4.69, 9.17) is 0 Å². The molecular weight excluding hydrogens is 311 g/mol. The fraction of sp³-hybridized carbons (Fsp3) is 0.500. The Bertz CT molecular complexity index is 663. The van der Waals surface area contributed by atoms with Gasteiger partial charge in [0.2, 0.25) is 10.0 Å². The number of amides is 1. The number of carbonyl (C=O) groups is 1. The molecule has 22 heavy (non-hydrogen) atoms. The van der Waals surface area contributed by atoms with Crippen molar-refractivity contribution in [1.82, 2.24) is 9.21 Å². The molecule has 0 bridgehead atoms. The van der Waals surface area contributed by atoms with Crippen LogP contribution in [-0.2, 0) is 10.0 Å². The molecule has 8 heteroatoms. The number of carbonyl (C=O) groups excluding carboxylic acids is 1. The van der Waals surface area contributed by atoms with Crippen LogP contribution in [0, 0.1) is 11.7 Å². The normalized spacial score (nSPS) is 22.3. The summed E-state index contributed by atoms with van der Waals surface area (Å²) in [5, 5.41) is 10.00. The first-order valence-electron chi connectivity index (χ1n) is 6.84. The molecule has 1 aromatic rings. The highest BCUT2D eigenvalue weighted by atomic mass is 32.2. The predicted octanol–water partition coefficient (Wildman–Crippen LogP) is 0.150. The van der Waals surface area contributed by atoms with Crippen molar-refractivity contribution >= 4 is 15.9 Å². The Balaban J connectivity index is 2.11. The third kappa shape index (κ3) is 3.45. The number of hydrogen-bond acceptors (Lipinski definition) is 4. The molecule has 0 radical (unpaired) electrons. The summed E-state index contributed by atoms with van der Waals surface area (Å²) in [6.07, 6.45) is -0.939. The molecule has 0 aromatic heterocycles. The smallest absolute Gasteiger partial charge is 0.256 e. The van der Waals surface area contributed by atoms with Gasteiger partial charge < -0.3 is 10.0 Å². The molecule has 1 amide bonds. The van der Waals surface area contributed by atoms with E-state index in [0.29, 0.717) is 0 Å². The van der Waals surface area contributed by atoms with E-state index >= 15 is 0 Å².